The molecule has 2 N–H and O–H groups in total. The number of rotatable bonds is 4. The summed E-state index contributed by atoms with van der Waals surface area (Å²) in [5.41, 5.74) is 3.35. The lowest BCUT2D eigenvalue weighted by atomic mass is 9.94. The molecule has 1 unspecified atom stereocenters. The monoisotopic (exact) mass is 314 g/mol. The largest absolute Gasteiger partial charge is 0.385 e. The molecule has 3 nitrogen and oxygen atoms in total. The molecule has 1 saturated carbocycles. The van der Waals surface area contributed by atoms with Gasteiger partial charge in [0, 0.05) is 23.8 Å². The van der Waals surface area contributed by atoms with Crippen molar-refractivity contribution in [2.45, 2.75) is 76.8 Å². The lowest BCUT2D eigenvalue weighted by Crippen LogP contribution is -2.41. The summed E-state index contributed by atoms with van der Waals surface area (Å²) in [4.78, 5) is 12.8. The molecule has 126 valence electrons. The Hall–Kier alpha value is -1.35. The van der Waals surface area contributed by atoms with Crippen LogP contribution in [0.25, 0.3) is 0 Å². The zero-order valence-electron chi connectivity index (χ0n) is 14.4. The van der Waals surface area contributed by atoms with Crippen LogP contribution in [-0.2, 0) is 6.42 Å². The van der Waals surface area contributed by atoms with Gasteiger partial charge in [0.1, 0.15) is 0 Å². The highest BCUT2D eigenvalue weighted by molar-refractivity contribution is 6.00. The van der Waals surface area contributed by atoms with Crippen LogP contribution in [-0.4, -0.2) is 24.4 Å². The third kappa shape index (κ3) is 4.35. The Morgan fingerprint density at radius 2 is 1.87 bits per heavy atom. The molecule has 1 aliphatic heterocycles. The first kappa shape index (κ1) is 16.5. The van der Waals surface area contributed by atoms with Gasteiger partial charge in [0.05, 0.1) is 6.04 Å². The van der Waals surface area contributed by atoms with E-state index in [1.807, 2.05) is 13.0 Å². The number of carbonyl (C=O) groups is 1. The highest BCUT2D eigenvalue weighted by atomic mass is 16.1. The molecule has 1 atom stereocenters. The third-order valence-corrected chi connectivity index (χ3v) is 5.31. The maximum atomic E-state index is 12.8. The van der Waals surface area contributed by atoms with Gasteiger partial charge in [-0.25, -0.2) is 0 Å². The van der Waals surface area contributed by atoms with E-state index in [0.29, 0.717) is 6.04 Å². The summed E-state index contributed by atoms with van der Waals surface area (Å²) in [7, 11) is 0. The number of fused-ring (bicyclic) bond motifs is 1. The number of nitrogens with one attached hydrogen (secondary N) is 2. The van der Waals surface area contributed by atoms with Gasteiger partial charge in [-0.3, -0.25) is 4.79 Å². The van der Waals surface area contributed by atoms with Crippen LogP contribution in [0.4, 0.5) is 5.69 Å². The van der Waals surface area contributed by atoms with Gasteiger partial charge in [-0.05, 0) is 56.4 Å². The fraction of sp³-hybridized carbons (Fsp3) is 0.650. The first-order chi connectivity index (χ1) is 11.2. The van der Waals surface area contributed by atoms with Crippen molar-refractivity contribution in [3.63, 3.8) is 0 Å². The molecule has 2 aliphatic rings. The molecule has 1 aromatic rings. The summed E-state index contributed by atoms with van der Waals surface area (Å²) < 4.78 is 0. The van der Waals surface area contributed by atoms with Crippen LogP contribution in [0.1, 0.15) is 74.2 Å². The minimum Gasteiger partial charge on any atom is -0.385 e. The second-order valence-corrected chi connectivity index (χ2v) is 7.20. The fourth-order valence-corrected chi connectivity index (χ4v) is 3.93. The maximum Gasteiger partial charge on any atom is 0.179 e. The summed E-state index contributed by atoms with van der Waals surface area (Å²) >= 11 is 0. The average Bonchev–Trinajstić information content (AvgIpc) is 2.56. The van der Waals surface area contributed by atoms with Crippen molar-refractivity contribution in [1.29, 1.82) is 0 Å². The second kappa shape index (κ2) is 7.96. The van der Waals surface area contributed by atoms with Crippen LogP contribution in [0.5, 0.6) is 0 Å². The molecule has 0 radical (unpaired) electrons. The van der Waals surface area contributed by atoms with Crippen LogP contribution >= 0.6 is 0 Å². The van der Waals surface area contributed by atoms with Crippen molar-refractivity contribution in [2.75, 3.05) is 11.9 Å². The number of hydrogen-bond donors (Lipinski definition) is 2. The number of hydrogen-bond acceptors (Lipinski definition) is 3. The summed E-state index contributed by atoms with van der Waals surface area (Å²) in [6.07, 6.45) is 11.3. The van der Waals surface area contributed by atoms with Gasteiger partial charge in [0.15, 0.2) is 5.78 Å². The molecule has 0 saturated heterocycles. The predicted octanol–water partition coefficient (Wildman–Crippen LogP) is 4.32. The number of benzene rings is 1. The number of anilines is 1. The van der Waals surface area contributed by atoms with Gasteiger partial charge in [-0.2, -0.15) is 0 Å². The highest BCUT2D eigenvalue weighted by Gasteiger charge is 2.21. The Kier molecular flexibility index (Phi) is 5.71. The summed E-state index contributed by atoms with van der Waals surface area (Å²) in [6, 6.07) is 6.57. The van der Waals surface area contributed by atoms with Gasteiger partial charge >= 0.3 is 0 Å². The lowest BCUT2D eigenvalue weighted by Gasteiger charge is -2.25. The summed E-state index contributed by atoms with van der Waals surface area (Å²) in [6.45, 7) is 3.07. The molecule has 23 heavy (non-hydrogen) atoms. The van der Waals surface area contributed by atoms with E-state index in [0.717, 1.165) is 24.9 Å². The first-order valence-corrected chi connectivity index (χ1v) is 9.41. The molecule has 0 spiro atoms. The van der Waals surface area contributed by atoms with Crippen LogP contribution < -0.4 is 10.6 Å². The van der Waals surface area contributed by atoms with Crippen LogP contribution in [0.3, 0.4) is 0 Å². The van der Waals surface area contributed by atoms with Crippen molar-refractivity contribution >= 4 is 11.5 Å². The molecule has 3 heteroatoms. The molecule has 1 fully saturated rings. The Morgan fingerprint density at radius 1 is 1.13 bits per heavy atom. The molecule has 0 aromatic heterocycles. The van der Waals surface area contributed by atoms with E-state index < -0.39 is 0 Å². The Morgan fingerprint density at radius 3 is 2.65 bits per heavy atom. The maximum absolute atomic E-state index is 12.8. The predicted molar refractivity (Wildman–Crippen MR) is 96.3 cm³/mol. The number of aryl methyl sites for hydroxylation is 1. The fourth-order valence-electron chi connectivity index (χ4n) is 3.93. The molecule has 1 aromatic carbocycles. The van der Waals surface area contributed by atoms with E-state index in [2.05, 4.69) is 22.8 Å². The van der Waals surface area contributed by atoms with E-state index in [4.69, 9.17) is 0 Å². The molecule has 1 aliphatic carbocycles. The lowest BCUT2D eigenvalue weighted by molar-refractivity contribution is 0.0941. The molecular weight excluding hydrogens is 284 g/mol. The van der Waals surface area contributed by atoms with E-state index in [-0.39, 0.29) is 11.8 Å². The van der Waals surface area contributed by atoms with Crippen molar-refractivity contribution in [3.05, 3.63) is 29.3 Å². The van der Waals surface area contributed by atoms with Gasteiger partial charge < -0.3 is 10.6 Å². The van der Waals surface area contributed by atoms with Crippen LogP contribution in [0.15, 0.2) is 18.2 Å². The normalized spacial score (nSPS) is 20.7. The zero-order valence-corrected chi connectivity index (χ0v) is 14.4. The van der Waals surface area contributed by atoms with Gasteiger partial charge in [-0.15, -0.1) is 0 Å². The average molecular weight is 314 g/mol. The molecule has 0 amide bonds. The van der Waals surface area contributed by atoms with Crippen molar-refractivity contribution in [2.24, 2.45) is 0 Å². The number of Topliss-reactive ketones (excluding diaryl/α,β-unsaturated/α-hetero) is 1. The smallest absolute Gasteiger partial charge is 0.179 e. The molecular formula is C20H30N2O. The summed E-state index contributed by atoms with van der Waals surface area (Å²) in [5, 5.41) is 7.01. The van der Waals surface area contributed by atoms with Crippen molar-refractivity contribution < 1.29 is 4.79 Å². The third-order valence-electron chi connectivity index (χ3n) is 5.31. The Labute approximate surface area is 140 Å². The second-order valence-electron chi connectivity index (χ2n) is 7.20. The van der Waals surface area contributed by atoms with Crippen LogP contribution in [0.2, 0.25) is 0 Å². The molecule has 1 heterocycles. The molecule has 3 rings (SSSR count). The van der Waals surface area contributed by atoms with E-state index in [1.54, 1.807) is 0 Å². The standard InChI is InChI=1S/C20H30N2O/c1-15(22-18-9-5-3-2-4-6-10-18)20(23)17-11-12-19-16(14-17)8-7-13-21-19/h11-12,14-15,18,21-22H,2-10,13H2,1H3. The minimum absolute atomic E-state index is 0.0889. The topological polar surface area (TPSA) is 41.1 Å². The zero-order chi connectivity index (χ0) is 16.1. The quantitative estimate of drug-likeness (QED) is 0.813. The van der Waals surface area contributed by atoms with Gasteiger partial charge in [0.25, 0.3) is 0 Å². The SMILES string of the molecule is CC(NC1CCCCCCC1)C(=O)c1ccc2c(c1)CCCN2. The van der Waals surface area contributed by atoms with E-state index in [9.17, 15) is 4.79 Å². The number of carbonyl (C=O) groups excluding carboxylic acids is 1. The van der Waals surface area contributed by atoms with Crippen molar-refractivity contribution in [1.82, 2.24) is 5.32 Å². The summed E-state index contributed by atoms with van der Waals surface area (Å²) in [5.74, 6) is 0.237. The van der Waals surface area contributed by atoms with Gasteiger partial charge in [-0.1, -0.05) is 32.1 Å². The van der Waals surface area contributed by atoms with Crippen LogP contribution in [0, 0.1) is 0 Å². The highest BCUT2D eigenvalue weighted by Crippen LogP contribution is 2.24. The number of ketones is 1. The molecule has 0 bridgehead atoms. The minimum atomic E-state index is -0.0889. The first-order valence-electron chi connectivity index (χ1n) is 9.41. The Balaban J connectivity index is 1.62. The van der Waals surface area contributed by atoms with E-state index >= 15 is 0 Å². The van der Waals surface area contributed by atoms with Crippen molar-refractivity contribution in [3.8, 4) is 0 Å². The Bertz CT molecular complexity index is 532. The van der Waals surface area contributed by atoms with Gasteiger partial charge in [0.2, 0.25) is 0 Å². The van der Waals surface area contributed by atoms with E-state index in [1.165, 1.54) is 56.2 Å².